The number of rotatable bonds is 5. The molecule has 3 rings (SSSR count). The quantitative estimate of drug-likeness (QED) is 0.561. The monoisotopic (exact) mass is 377 g/mol. The lowest BCUT2D eigenvalue weighted by molar-refractivity contribution is -0.133. The molecule has 0 spiro atoms. The first-order chi connectivity index (χ1) is 12.3. The molecular formula is C17H16ClN3O5. The first-order valence-electron chi connectivity index (χ1n) is 7.91. The number of esters is 1. The van der Waals surface area contributed by atoms with E-state index in [9.17, 15) is 19.2 Å². The van der Waals surface area contributed by atoms with E-state index >= 15 is 0 Å². The van der Waals surface area contributed by atoms with Crippen molar-refractivity contribution < 1.29 is 23.9 Å². The van der Waals surface area contributed by atoms with Crippen molar-refractivity contribution in [2.75, 3.05) is 18.6 Å². The van der Waals surface area contributed by atoms with E-state index in [1.165, 1.54) is 19.0 Å². The molecule has 0 aromatic heterocycles. The molecule has 0 bridgehead atoms. The summed E-state index contributed by atoms with van der Waals surface area (Å²) in [6.07, 6.45) is 0.142. The van der Waals surface area contributed by atoms with Crippen LogP contribution in [-0.2, 0) is 23.9 Å². The molecular weight excluding hydrogens is 362 g/mol. The van der Waals surface area contributed by atoms with Gasteiger partial charge in [-0.3, -0.25) is 19.4 Å². The number of fused-ring (bicyclic) bond motifs is 1. The van der Waals surface area contributed by atoms with Crippen LogP contribution in [0.25, 0.3) is 0 Å². The third-order valence-electron chi connectivity index (χ3n) is 4.30. The summed E-state index contributed by atoms with van der Waals surface area (Å²) < 4.78 is 4.69. The number of hydrogen-bond acceptors (Lipinski definition) is 7. The molecule has 1 aromatic carbocycles. The maximum absolute atomic E-state index is 12.9. The Morgan fingerprint density at radius 1 is 1.19 bits per heavy atom. The Kier molecular flexibility index (Phi) is 4.78. The van der Waals surface area contributed by atoms with Crippen molar-refractivity contribution in [3.05, 3.63) is 29.3 Å². The second kappa shape index (κ2) is 6.87. The van der Waals surface area contributed by atoms with Crippen LogP contribution in [-0.4, -0.2) is 54.0 Å². The summed E-state index contributed by atoms with van der Waals surface area (Å²) in [5.41, 5.74) is 0.227. The smallest absolute Gasteiger partial charge is 0.355 e. The zero-order valence-electron chi connectivity index (χ0n) is 14.1. The largest absolute Gasteiger partial charge is 0.464 e. The Balaban J connectivity index is 1.97. The van der Waals surface area contributed by atoms with Crippen LogP contribution in [0.4, 0.5) is 5.69 Å². The molecule has 0 saturated carbocycles. The number of carbonyl (C=O) groups is 4. The van der Waals surface area contributed by atoms with Gasteiger partial charge < -0.3 is 4.74 Å². The minimum Gasteiger partial charge on any atom is -0.464 e. The fraction of sp³-hybridized carbons (Fsp3) is 0.353. The van der Waals surface area contributed by atoms with Gasteiger partial charge in [0.05, 0.1) is 12.8 Å². The summed E-state index contributed by atoms with van der Waals surface area (Å²) in [6.45, 7) is 1.55. The fourth-order valence-corrected chi connectivity index (χ4v) is 3.19. The van der Waals surface area contributed by atoms with Crippen LogP contribution in [0.1, 0.15) is 13.3 Å². The van der Waals surface area contributed by atoms with Gasteiger partial charge >= 0.3 is 5.97 Å². The van der Waals surface area contributed by atoms with E-state index in [-0.39, 0.29) is 24.5 Å². The van der Waals surface area contributed by atoms with Gasteiger partial charge in [-0.25, -0.2) is 9.69 Å². The van der Waals surface area contributed by atoms with E-state index in [0.717, 1.165) is 4.90 Å². The van der Waals surface area contributed by atoms with E-state index in [1.54, 1.807) is 24.3 Å². The van der Waals surface area contributed by atoms with E-state index in [0.29, 0.717) is 10.7 Å². The maximum Gasteiger partial charge on any atom is 0.355 e. The summed E-state index contributed by atoms with van der Waals surface area (Å²) >= 11 is 5.86. The van der Waals surface area contributed by atoms with Crippen LogP contribution in [0.15, 0.2) is 29.4 Å². The van der Waals surface area contributed by atoms with Gasteiger partial charge in [-0.15, -0.1) is 0 Å². The third kappa shape index (κ3) is 2.96. The van der Waals surface area contributed by atoms with E-state index in [1.807, 2.05) is 0 Å². The lowest BCUT2D eigenvalue weighted by Gasteiger charge is -2.21. The van der Waals surface area contributed by atoms with Gasteiger partial charge in [0, 0.05) is 18.0 Å². The number of hydrogen-bond donors (Lipinski definition) is 0. The minimum absolute atomic E-state index is 0.0883. The molecule has 2 aliphatic heterocycles. The molecule has 1 aromatic rings. The van der Waals surface area contributed by atoms with Crippen LogP contribution in [0.5, 0.6) is 0 Å². The van der Waals surface area contributed by atoms with Crippen molar-refractivity contribution in [2.45, 2.75) is 19.4 Å². The second-order valence-corrected chi connectivity index (χ2v) is 6.44. The molecule has 136 valence electrons. The molecule has 8 nitrogen and oxygen atoms in total. The van der Waals surface area contributed by atoms with Crippen molar-refractivity contribution in [1.82, 2.24) is 5.01 Å². The summed E-state index contributed by atoms with van der Waals surface area (Å²) in [4.78, 5) is 50.1. The van der Waals surface area contributed by atoms with E-state index < -0.39 is 29.7 Å². The highest BCUT2D eigenvalue weighted by molar-refractivity contribution is 6.46. The molecule has 1 fully saturated rings. The zero-order chi connectivity index (χ0) is 19.0. The zero-order valence-corrected chi connectivity index (χ0v) is 14.9. The van der Waals surface area contributed by atoms with Gasteiger partial charge in [0.1, 0.15) is 17.7 Å². The number of halogens is 1. The molecule has 9 heteroatoms. The summed E-state index contributed by atoms with van der Waals surface area (Å²) in [6, 6.07) is 5.26. The van der Waals surface area contributed by atoms with Crippen molar-refractivity contribution >= 4 is 46.6 Å². The number of amides is 2. The van der Waals surface area contributed by atoms with Crippen molar-refractivity contribution in [2.24, 2.45) is 11.0 Å². The molecule has 26 heavy (non-hydrogen) atoms. The highest BCUT2D eigenvalue weighted by atomic mass is 35.5. The Morgan fingerprint density at radius 2 is 1.85 bits per heavy atom. The van der Waals surface area contributed by atoms with E-state index in [4.69, 9.17) is 16.3 Å². The Bertz CT molecular complexity index is 820. The molecule has 0 unspecified atom stereocenters. The lowest BCUT2D eigenvalue weighted by atomic mass is 9.98. The van der Waals surface area contributed by atoms with Gasteiger partial charge in [0.15, 0.2) is 5.71 Å². The topological polar surface area (TPSA) is 96.3 Å². The predicted molar refractivity (Wildman–Crippen MR) is 92.7 cm³/mol. The molecule has 2 amide bonds. The average Bonchev–Trinajstić information content (AvgIpc) is 3.11. The molecule has 0 N–H and O–H groups in total. The Labute approximate surface area is 154 Å². The first kappa shape index (κ1) is 18.1. The molecule has 2 atom stereocenters. The first-order valence-corrected chi connectivity index (χ1v) is 8.29. The predicted octanol–water partition coefficient (Wildman–Crippen LogP) is 1.02. The van der Waals surface area contributed by atoms with Gasteiger partial charge in [-0.05, 0) is 31.2 Å². The van der Waals surface area contributed by atoms with Crippen LogP contribution in [0.2, 0.25) is 5.02 Å². The number of methoxy groups -OCH3 is 1. The highest BCUT2D eigenvalue weighted by Crippen LogP contribution is 2.35. The SMILES string of the molecule is COC(=O)C1=NN(CCC(C)=O)[C@H]2C(=O)N(c3ccc(Cl)cc3)C(=O)[C@@H]12. The standard InChI is InChI=1S/C17H16ClN3O5/c1-9(22)7-8-20-14-12(13(19-20)17(25)26-2)15(23)21(16(14)24)11-5-3-10(18)4-6-11/h3-6,12,14H,7-8H2,1-2H3/t12-,14+/m0/s1. The number of benzene rings is 1. The lowest BCUT2D eigenvalue weighted by Crippen LogP contribution is -2.39. The molecule has 0 radical (unpaired) electrons. The number of hydrazone groups is 1. The van der Waals surface area contributed by atoms with Gasteiger partial charge in [-0.2, -0.15) is 5.10 Å². The number of anilines is 1. The van der Waals surface area contributed by atoms with Crippen molar-refractivity contribution in [1.29, 1.82) is 0 Å². The summed E-state index contributed by atoms with van der Waals surface area (Å²) in [5, 5.41) is 5.89. The number of nitrogens with zero attached hydrogens (tertiary/aromatic N) is 3. The Hall–Kier alpha value is -2.74. The number of ketones is 1. The molecule has 0 aliphatic carbocycles. The summed E-state index contributed by atoms with van der Waals surface area (Å²) in [7, 11) is 1.18. The minimum atomic E-state index is -1.06. The number of Topliss-reactive ketones (excluding diaryl/α,β-unsaturated/α-hetero) is 1. The molecule has 1 saturated heterocycles. The number of ether oxygens (including phenoxy) is 1. The van der Waals surface area contributed by atoms with Crippen LogP contribution >= 0.6 is 11.6 Å². The van der Waals surface area contributed by atoms with Gasteiger partial charge in [-0.1, -0.05) is 11.6 Å². The van der Waals surface area contributed by atoms with E-state index in [2.05, 4.69) is 5.10 Å². The van der Waals surface area contributed by atoms with Crippen LogP contribution in [0.3, 0.4) is 0 Å². The highest BCUT2D eigenvalue weighted by Gasteiger charge is 2.58. The Morgan fingerprint density at radius 3 is 2.42 bits per heavy atom. The second-order valence-electron chi connectivity index (χ2n) is 6.00. The van der Waals surface area contributed by atoms with Crippen molar-refractivity contribution in [3.8, 4) is 0 Å². The average molecular weight is 378 g/mol. The van der Waals surface area contributed by atoms with Crippen molar-refractivity contribution in [3.63, 3.8) is 0 Å². The van der Waals surface area contributed by atoms with Crippen LogP contribution < -0.4 is 4.90 Å². The maximum atomic E-state index is 12.9. The van der Waals surface area contributed by atoms with Crippen LogP contribution in [0, 0.1) is 5.92 Å². The molecule has 2 heterocycles. The normalized spacial score (nSPS) is 21.7. The number of carbonyl (C=O) groups excluding carboxylic acids is 4. The van der Waals surface area contributed by atoms with Gasteiger partial charge in [0.25, 0.3) is 5.91 Å². The number of imide groups is 1. The third-order valence-corrected chi connectivity index (χ3v) is 4.55. The van der Waals surface area contributed by atoms with Gasteiger partial charge in [0.2, 0.25) is 5.91 Å². The summed E-state index contributed by atoms with van der Waals surface area (Å²) in [5.74, 6) is -2.98. The fourth-order valence-electron chi connectivity index (χ4n) is 3.06. The molecule has 2 aliphatic rings.